The summed E-state index contributed by atoms with van der Waals surface area (Å²) in [6, 6.07) is 3.94. The average Bonchev–Trinajstić information content (AvgIpc) is 2.46. The molecule has 0 unspecified atom stereocenters. The van der Waals surface area contributed by atoms with Crippen molar-refractivity contribution in [1.29, 1.82) is 0 Å². The molecule has 0 saturated heterocycles. The summed E-state index contributed by atoms with van der Waals surface area (Å²) in [5.41, 5.74) is 2.42. The van der Waals surface area contributed by atoms with E-state index < -0.39 is 0 Å². The molecule has 0 fully saturated rings. The summed E-state index contributed by atoms with van der Waals surface area (Å²) < 4.78 is 11.2. The lowest BCUT2D eigenvalue weighted by molar-refractivity contribution is 0.171. The molecular weight excluding hydrogens is 286 g/mol. The number of hydrogen-bond donors (Lipinski definition) is 1. The maximum Gasteiger partial charge on any atom is 0.179 e. The second-order valence-electron chi connectivity index (χ2n) is 5.58. The minimum Gasteiger partial charge on any atom is -0.486 e. The summed E-state index contributed by atoms with van der Waals surface area (Å²) in [4.78, 5) is 0. The summed E-state index contributed by atoms with van der Waals surface area (Å²) in [5.74, 6) is 1.89. The highest BCUT2D eigenvalue weighted by atomic mass is 35.5. The molecule has 1 heterocycles. The average molecular weight is 310 g/mol. The molecule has 0 spiro atoms. The van der Waals surface area contributed by atoms with E-state index in [-0.39, 0.29) is 0 Å². The maximum absolute atomic E-state index is 6.29. The molecule has 1 aromatic carbocycles. The van der Waals surface area contributed by atoms with Gasteiger partial charge in [0.15, 0.2) is 11.5 Å². The zero-order valence-electron chi connectivity index (χ0n) is 13.0. The zero-order chi connectivity index (χ0) is 15.2. The fraction of sp³-hybridized carbons (Fsp3) is 0.529. The second-order valence-corrected chi connectivity index (χ2v) is 5.98. The van der Waals surface area contributed by atoms with Gasteiger partial charge in [0.05, 0.1) is 5.02 Å². The summed E-state index contributed by atoms with van der Waals surface area (Å²) in [6.07, 6.45) is 3.33. The Hall–Kier alpha value is -1.19. The smallest absolute Gasteiger partial charge is 0.179 e. The highest BCUT2D eigenvalue weighted by molar-refractivity contribution is 6.32. The summed E-state index contributed by atoms with van der Waals surface area (Å²) in [5, 5.41) is 4.07. The minimum absolute atomic E-state index is 0.487. The normalized spacial score (nSPS) is 14.6. The molecule has 3 nitrogen and oxygen atoms in total. The molecule has 0 aromatic heterocycles. The van der Waals surface area contributed by atoms with Crippen molar-refractivity contribution in [3.05, 3.63) is 28.3 Å². The predicted molar refractivity (Wildman–Crippen MR) is 88.4 cm³/mol. The van der Waals surface area contributed by atoms with Gasteiger partial charge in [0.2, 0.25) is 0 Å². The van der Waals surface area contributed by atoms with Crippen LogP contribution in [0.15, 0.2) is 17.7 Å². The zero-order valence-corrected chi connectivity index (χ0v) is 13.8. The maximum atomic E-state index is 6.29. The van der Waals surface area contributed by atoms with Crippen molar-refractivity contribution >= 4 is 17.7 Å². The van der Waals surface area contributed by atoms with Crippen molar-refractivity contribution in [1.82, 2.24) is 5.32 Å². The highest BCUT2D eigenvalue weighted by Crippen LogP contribution is 2.38. The van der Waals surface area contributed by atoms with Crippen molar-refractivity contribution in [2.45, 2.75) is 27.2 Å². The fourth-order valence-electron chi connectivity index (χ4n) is 2.26. The SMILES string of the molecule is CCCNCC(=Cc1cc(Cl)c2c(c1)OCCO2)C(C)C. The van der Waals surface area contributed by atoms with E-state index in [2.05, 4.69) is 32.2 Å². The molecule has 116 valence electrons. The Balaban J connectivity index is 2.22. The first-order chi connectivity index (χ1) is 10.1. The third-order valence-electron chi connectivity index (χ3n) is 3.47. The van der Waals surface area contributed by atoms with Crippen molar-refractivity contribution in [2.75, 3.05) is 26.3 Å². The Morgan fingerprint density at radius 1 is 1.33 bits per heavy atom. The lowest BCUT2D eigenvalue weighted by Crippen LogP contribution is -2.20. The van der Waals surface area contributed by atoms with Crippen molar-refractivity contribution in [3.63, 3.8) is 0 Å². The summed E-state index contributed by atoms with van der Waals surface area (Å²) in [6.45, 7) is 9.65. The van der Waals surface area contributed by atoms with Crippen LogP contribution in [0.4, 0.5) is 0 Å². The van der Waals surface area contributed by atoms with Gasteiger partial charge in [0.25, 0.3) is 0 Å². The molecular formula is C17H24ClNO2. The highest BCUT2D eigenvalue weighted by Gasteiger charge is 2.16. The van der Waals surface area contributed by atoms with Crippen LogP contribution >= 0.6 is 11.6 Å². The fourth-order valence-corrected chi connectivity index (χ4v) is 2.53. The van der Waals surface area contributed by atoms with E-state index in [9.17, 15) is 0 Å². The van der Waals surface area contributed by atoms with Crippen molar-refractivity contribution in [3.8, 4) is 11.5 Å². The van der Waals surface area contributed by atoms with E-state index in [0.717, 1.165) is 30.8 Å². The van der Waals surface area contributed by atoms with Gasteiger partial charge in [-0.1, -0.05) is 44.0 Å². The Labute approximate surface area is 132 Å². The Morgan fingerprint density at radius 2 is 2.10 bits per heavy atom. The molecule has 1 aliphatic rings. The quantitative estimate of drug-likeness (QED) is 0.801. The Kier molecular flexibility index (Phi) is 5.95. The molecule has 0 amide bonds. The Morgan fingerprint density at radius 3 is 2.81 bits per heavy atom. The molecule has 21 heavy (non-hydrogen) atoms. The van der Waals surface area contributed by atoms with Gasteiger partial charge in [0.1, 0.15) is 13.2 Å². The van der Waals surface area contributed by atoms with Crippen LogP contribution in [0.5, 0.6) is 11.5 Å². The first-order valence-corrected chi connectivity index (χ1v) is 8.00. The van der Waals surface area contributed by atoms with Crippen molar-refractivity contribution < 1.29 is 9.47 Å². The lowest BCUT2D eigenvalue weighted by Gasteiger charge is -2.20. The Bertz CT molecular complexity index is 512. The first-order valence-electron chi connectivity index (χ1n) is 7.62. The van der Waals surface area contributed by atoms with Crippen LogP contribution in [0.2, 0.25) is 5.02 Å². The lowest BCUT2D eigenvalue weighted by atomic mass is 10.00. The first kappa shape index (κ1) is 16.2. The van der Waals surface area contributed by atoms with E-state index in [1.165, 1.54) is 5.57 Å². The molecule has 0 atom stereocenters. The third-order valence-corrected chi connectivity index (χ3v) is 3.75. The van der Waals surface area contributed by atoms with Crippen LogP contribution in [-0.2, 0) is 0 Å². The van der Waals surface area contributed by atoms with Gasteiger partial charge in [-0.25, -0.2) is 0 Å². The molecule has 1 N–H and O–H groups in total. The molecule has 0 aliphatic carbocycles. The molecule has 0 bridgehead atoms. The number of hydrogen-bond acceptors (Lipinski definition) is 3. The number of fused-ring (bicyclic) bond motifs is 1. The van der Waals surface area contributed by atoms with Crippen molar-refractivity contribution in [2.24, 2.45) is 5.92 Å². The number of benzene rings is 1. The molecule has 0 saturated carbocycles. The molecule has 4 heteroatoms. The van der Waals surface area contributed by atoms with Gasteiger partial charge in [-0.3, -0.25) is 0 Å². The van der Waals surface area contributed by atoms with Crippen LogP contribution in [0.25, 0.3) is 6.08 Å². The number of rotatable bonds is 6. The van der Waals surface area contributed by atoms with Gasteiger partial charge < -0.3 is 14.8 Å². The van der Waals surface area contributed by atoms with E-state index in [0.29, 0.717) is 29.9 Å². The van der Waals surface area contributed by atoms with E-state index in [4.69, 9.17) is 21.1 Å². The van der Waals surface area contributed by atoms with E-state index in [1.54, 1.807) is 0 Å². The third kappa shape index (κ3) is 4.39. The number of halogens is 1. The number of ether oxygens (including phenoxy) is 2. The molecule has 1 aliphatic heterocycles. The van der Waals surface area contributed by atoms with Gasteiger partial charge >= 0.3 is 0 Å². The largest absolute Gasteiger partial charge is 0.486 e. The van der Waals surface area contributed by atoms with Gasteiger partial charge in [0, 0.05) is 6.54 Å². The van der Waals surface area contributed by atoms with Crippen LogP contribution < -0.4 is 14.8 Å². The second kappa shape index (κ2) is 7.71. The molecule has 1 aromatic rings. The van der Waals surface area contributed by atoms with Gasteiger partial charge in [-0.05, 0) is 36.6 Å². The van der Waals surface area contributed by atoms with Crippen LogP contribution in [0, 0.1) is 5.92 Å². The summed E-state index contributed by atoms with van der Waals surface area (Å²) in [7, 11) is 0. The molecule has 0 radical (unpaired) electrons. The predicted octanol–water partition coefficient (Wildman–Crippen LogP) is 4.15. The molecule has 2 rings (SSSR count). The van der Waals surface area contributed by atoms with E-state index >= 15 is 0 Å². The standard InChI is InChI=1S/C17H24ClNO2/c1-4-5-19-11-14(12(2)3)8-13-9-15(18)17-16(10-13)20-6-7-21-17/h8-10,12,19H,4-7,11H2,1-3H3. The van der Waals surface area contributed by atoms with Gasteiger partial charge in [-0.15, -0.1) is 0 Å². The van der Waals surface area contributed by atoms with E-state index in [1.807, 2.05) is 12.1 Å². The topological polar surface area (TPSA) is 30.5 Å². The number of nitrogens with one attached hydrogen (secondary N) is 1. The minimum atomic E-state index is 0.487. The summed E-state index contributed by atoms with van der Waals surface area (Å²) >= 11 is 6.29. The van der Waals surface area contributed by atoms with Crippen LogP contribution in [-0.4, -0.2) is 26.3 Å². The van der Waals surface area contributed by atoms with Crippen LogP contribution in [0.1, 0.15) is 32.8 Å². The van der Waals surface area contributed by atoms with Gasteiger partial charge in [-0.2, -0.15) is 0 Å². The monoisotopic (exact) mass is 309 g/mol. The van der Waals surface area contributed by atoms with Crippen LogP contribution in [0.3, 0.4) is 0 Å².